The normalized spacial score (nSPS) is 22.4. The molecule has 2 aliphatic heterocycles. The number of carbonyl (C=O) groups excluding carboxylic acids is 1. The first-order chi connectivity index (χ1) is 12.2. The van der Waals surface area contributed by atoms with Crippen LogP contribution in [0.15, 0.2) is 16.8 Å². The van der Waals surface area contributed by atoms with Crippen LogP contribution in [0.5, 0.6) is 0 Å². The van der Waals surface area contributed by atoms with E-state index in [1.807, 2.05) is 17.9 Å². The second kappa shape index (κ2) is 7.09. The van der Waals surface area contributed by atoms with Gasteiger partial charge in [0.2, 0.25) is 0 Å². The predicted octanol–water partition coefficient (Wildman–Crippen LogP) is 1.86. The SMILES string of the molecule is Cc1noc2ncc(C(=O)N3CCCN(C[C@H]4CCCO4)CC3)cc12. The number of amides is 1. The lowest BCUT2D eigenvalue weighted by Gasteiger charge is -2.24. The second-order valence-electron chi connectivity index (χ2n) is 6.93. The number of carbonyl (C=O) groups is 1. The van der Waals surface area contributed by atoms with Crippen LogP contribution < -0.4 is 0 Å². The molecule has 2 fully saturated rings. The molecule has 134 valence electrons. The van der Waals surface area contributed by atoms with Crippen molar-refractivity contribution in [3.8, 4) is 0 Å². The lowest BCUT2D eigenvalue weighted by atomic mass is 10.2. The maximum absolute atomic E-state index is 12.9. The summed E-state index contributed by atoms with van der Waals surface area (Å²) < 4.78 is 10.9. The summed E-state index contributed by atoms with van der Waals surface area (Å²) in [6.45, 7) is 7.17. The molecular formula is C18H24N4O3. The van der Waals surface area contributed by atoms with Crippen molar-refractivity contribution in [1.82, 2.24) is 19.9 Å². The van der Waals surface area contributed by atoms with Crippen LogP contribution in [0.3, 0.4) is 0 Å². The Labute approximate surface area is 146 Å². The van der Waals surface area contributed by atoms with Crippen LogP contribution in [0.4, 0.5) is 0 Å². The zero-order valence-electron chi connectivity index (χ0n) is 14.6. The first-order valence-electron chi connectivity index (χ1n) is 9.06. The van der Waals surface area contributed by atoms with E-state index in [0.717, 1.165) is 63.3 Å². The lowest BCUT2D eigenvalue weighted by Crippen LogP contribution is -2.37. The molecule has 0 aliphatic carbocycles. The summed E-state index contributed by atoms with van der Waals surface area (Å²) in [4.78, 5) is 21.5. The molecule has 1 atom stereocenters. The topological polar surface area (TPSA) is 71.7 Å². The van der Waals surface area contributed by atoms with Crippen LogP contribution in [-0.2, 0) is 4.74 Å². The number of aromatic nitrogens is 2. The molecule has 0 spiro atoms. The van der Waals surface area contributed by atoms with Gasteiger partial charge in [0.1, 0.15) is 0 Å². The fourth-order valence-corrected chi connectivity index (χ4v) is 3.68. The number of hydrogen-bond donors (Lipinski definition) is 0. The fourth-order valence-electron chi connectivity index (χ4n) is 3.68. The van der Waals surface area contributed by atoms with Gasteiger partial charge in [-0.2, -0.15) is 0 Å². The fraction of sp³-hybridized carbons (Fsp3) is 0.611. The van der Waals surface area contributed by atoms with Gasteiger partial charge in [-0.25, -0.2) is 4.98 Å². The molecule has 1 amide bonds. The minimum atomic E-state index is 0.0361. The Morgan fingerprint density at radius 2 is 2.20 bits per heavy atom. The zero-order chi connectivity index (χ0) is 17.2. The highest BCUT2D eigenvalue weighted by Gasteiger charge is 2.24. The number of pyridine rings is 1. The summed E-state index contributed by atoms with van der Waals surface area (Å²) in [6.07, 6.45) is 5.26. The maximum Gasteiger partial charge on any atom is 0.257 e. The van der Waals surface area contributed by atoms with Crippen LogP contribution in [0, 0.1) is 6.92 Å². The molecule has 4 heterocycles. The largest absolute Gasteiger partial charge is 0.377 e. The number of ether oxygens (including phenoxy) is 1. The molecule has 7 nitrogen and oxygen atoms in total. The minimum absolute atomic E-state index is 0.0361. The third kappa shape index (κ3) is 3.52. The van der Waals surface area contributed by atoms with Gasteiger partial charge in [0.15, 0.2) is 0 Å². The van der Waals surface area contributed by atoms with Crippen molar-refractivity contribution in [3.05, 3.63) is 23.5 Å². The molecule has 0 aromatic carbocycles. The van der Waals surface area contributed by atoms with E-state index in [1.54, 1.807) is 6.20 Å². The molecule has 0 unspecified atom stereocenters. The molecule has 0 radical (unpaired) electrons. The number of nitrogens with zero attached hydrogens (tertiary/aromatic N) is 4. The standard InChI is InChI=1S/C18H24N4O3/c1-13-16-10-14(11-19-17(16)25-20-13)18(23)22-6-3-5-21(7-8-22)12-15-4-2-9-24-15/h10-11,15H,2-9,12H2,1H3/t15-/m1/s1. The summed E-state index contributed by atoms with van der Waals surface area (Å²) in [5, 5.41) is 4.71. The predicted molar refractivity (Wildman–Crippen MR) is 92.5 cm³/mol. The highest BCUT2D eigenvalue weighted by Crippen LogP contribution is 2.19. The molecule has 0 N–H and O–H groups in total. The van der Waals surface area contributed by atoms with Gasteiger partial charge in [-0.1, -0.05) is 5.16 Å². The Bertz CT molecular complexity index is 754. The first-order valence-corrected chi connectivity index (χ1v) is 9.06. The Kier molecular flexibility index (Phi) is 4.67. The summed E-state index contributed by atoms with van der Waals surface area (Å²) in [5.74, 6) is 0.0361. The van der Waals surface area contributed by atoms with Gasteiger partial charge < -0.3 is 14.2 Å². The van der Waals surface area contributed by atoms with Gasteiger partial charge in [0.25, 0.3) is 11.6 Å². The molecule has 2 aliphatic rings. The quantitative estimate of drug-likeness (QED) is 0.846. The zero-order valence-corrected chi connectivity index (χ0v) is 14.6. The maximum atomic E-state index is 12.9. The monoisotopic (exact) mass is 344 g/mol. The average Bonchev–Trinajstić information content (AvgIpc) is 3.20. The molecular weight excluding hydrogens is 320 g/mol. The van der Waals surface area contributed by atoms with Gasteiger partial charge in [0, 0.05) is 39.0 Å². The van der Waals surface area contributed by atoms with Crippen LogP contribution >= 0.6 is 0 Å². The molecule has 25 heavy (non-hydrogen) atoms. The van der Waals surface area contributed by atoms with Crippen LogP contribution in [0.25, 0.3) is 11.1 Å². The molecule has 7 heteroatoms. The van der Waals surface area contributed by atoms with Crippen molar-refractivity contribution in [2.75, 3.05) is 39.3 Å². The Balaban J connectivity index is 1.41. The van der Waals surface area contributed by atoms with E-state index in [2.05, 4.69) is 15.0 Å². The summed E-state index contributed by atoms with van der Waals surface area (Å²) in [6, 6.07) is 1.84. The van der Waals surface area contributed by atoms with Crippen molar-refractivity contribution in [2.24, 2.45) is 0 Å². The Hall–Kier alpha value is -1.99. The van der Waals surface area contributed by atoms with Crippen molar-refractivity contribution in [1.29, 1.82) is 0 Å². The lowest BCUT2D eigenvalue weighted by molar-refractivity contribution is 0.0704. The smallest absolute Gasteiger partial charge is 0.257 e. The number of fused-ring (bicyclic) bond motifs is 1. The molecule has 2 aromatic rings. The highest BCUT2D eigenvalue weighted by molar-refractivity contribution is 5.97. The Morgan fingerprint density at radius 3 is 3.04 bits per heavy atom. The summed E-state index contributed by atoms with van der Waals surface area (Å²) >= 11 is 0. The molecule has 2 aromatic heterocycles. The van der Waals surface area contributed by atoms with Crippen molar-refractivity contribution >= 4 is 17.0 Å². The van der Waals surface area contributed by atoms with E-state index in [0.29, 0.717) is 17.4 Å². The number of aryl methyl sites for hydroxylation is 1. The molecule has 4 rings (SSSR count). The van der Waals surface area contributed by atoms with E-state index in [-0.39, 0.29) is 5.91 Å². The van der Waals surface area contributed by atoms with E-state index < -0.39 is 0 Å². The third-order valence-electron chi connectivity index (χ3n) is 5.12. The third-order valence-corrected chi connectivity index (χ3v) is 5.12. The van der Waals surface area contributed by atoms with Gasteiger partial charge in [0.05, 0.1) is 22.7 Å². The van der Waals surface area contributed by atoms with Gasteiger partial charge in [-0.05, 0) is 38.8 Å². The van der Waals surface area contributed by atoms with E-state index in [4.69, 9.17) is 9.26 Å². The van der Waals surface area contributed by atoms with Gasteiger partial charge in [-0.15, -0.1) is 0 Å². The molecule has 0 bridgehead atoms. The second-order valence-corrected chi connectivity index (χ2v) is 6.93. The first kappa shape index (κ1) is 16.5. The van der Waals surface area contributed by atoms with E-state index in [9.17, 15) is 4.79 Å². The number of rotatable bonds is 3. The van der Waals surface area contributed by atoms with Crippen LogP contribution in [0.1, 0.15) is 35.3 Å². The van der Waals surface area contributed by atoms with Crippen LogP contribution in [0.2, 0.25) is 0 Å². The van der Waals surface area contributed by atoms with Gasteiger partial charge in [-0.3, -0.25) is 9.69 Å². The van der Waals surface area contributed by atoms with E-state index >= 15 is 0 Å². The van der Waals surface area contributed by atoms with Gasteiger partial charge >= 0.3 is 0 Å². The summed E-state index contributed by atoms with van der Waals surface area (Å²) in [5.41, 5.74) is 1.84. The van der Waals surface area contributed by atoms with Crippen molar-refractivity contribution in [3.63, 3.8) is 0 Å². The van der Waals surface area contributed by atoms with Crippen molar-refractivity contribution < 1.29 is 14.1 Å². The minimum Gasteiger partial charge on any atom is -0.377 e. The van der Waals surface area contributed by atoms with Crippen molar-refractivity contribution in [2.45, 2.75) is 32.3 Å². The number of hydrogen-bond acceptors (Lipinski definition) is 6. The highest BCUT2D eigenvalue weighted by atomic mass is 16.5. The average molecular weight is 344 g/mol. The molecule has 2 saturated heterocycles. The molecule has 0 saturated carbocycles. The summed E-state index contributed by atoms with van der Waals surface area (Å²) in [7, 11) is 0. The van der Waals surface area contributed by atoms with E-state index in [1.165, 1.54) is 6.42 Å². The van der Waals surface area contributed by atoms with Crippen LogP contribution in [-0.4, -0.2) is 71.3 Å². The Morgan fingerprint density at radius 1 is 1.28 bits per heavy atom.